The van der Waals surface area contributed by atoms with Crippen molar-refractivity contribution < 1.29 is 32.3 Å². The molecule has 1 amide bonds. The molecule has 0 unspecified atom stereocenters. The van der Waals surface area contributed by atoms with Crippen LogP contribution in [-0.2, 0) is 4.79 Å². The number of carboxylic acid groups (broad SMARTS) is 1. The number of pyridine rings is 1. The van der Waals surface area contributed by atoms with Gasteiger partial charge < -0.3 is 10.4 Å². The van der Waals surface area contributed by atoms with E-state index in [9.17, 15) is 22.4 Å². The molecule has 3 aromatic rings. The van der Waals surface area contributed by atoms with Crippen LogP contribution < -0.4 is 5.32 Å². The molecule has 6 nitrogen and oxygen atoms in total. The van der Waals surface area contributed by atoms with Crippen molar-refractivity contribution in [2.75, 3.05) is 0 Å². The number of benzene rings is 1. The summed E-state index contributed by atoms with van der Waals surface area (Å²) in [5, 5.41) is 10.5. The van der Waals surface area contributed by atoms with E-state index in [2.05, 4.69) is 5.32 Å². The van der Waals surface area contributed by atoms with Crippen LogP contribution in [0, 0.1) is 23.6 Å². The minimum absolute atomic E-state index is 0.0531. The molecular formula is C26H25F4N3O3. The van der Waals surface area contributed by atoms with Crippen molar-refractivity contribution in [3.05, 3.63) is 60.3 Å². The fraction of sp³-hybridized carbons (Fsp3) is 0.423. The topological polar surface area (TPSA) is 83.7 Å². The summed E-state index contributed by atoms with van der Waals surface area (Å²) in [5.41, 5.74) is 2.32. The van der Waals surface area contributed by atoms with Gasteiger partial charge in [-0.1, -0.05) is 6.07 Å². The highest BCUT2D eigenvalue weighted by molar-refractivity contribution is 5.95. The van der Waals surface area contributed by atoms with Crippen LogP contribution in [0.1, 0.15) is 49.1 Å². The van der Waals surface area contributed by atoms with Gasteiger partial charge in [-0.15, -0.1) is 0 Å². The van der Waals surface area contributed by atoms with Gasteiger partial charge in [0.25, 0.3) is 5.91 Å². The Kier molecular flexibility index (Phi) is 6.00. The Bertz CT molecular complexity index is 1260. The molecule has 4 aliphatic carbocycles. The highest BCUT2D eigenvalue weighted by atomic mass is 19.4. The van der Waals surface area contributed by atoms with Crippen LogP contribution in [0.4, 0.5) is 17.6 Å². The molecule has 0 radical (unpaired) electrons. The molecule has 0 aliphatic heterocycles. The summed E-state index contributed by atoms with van der Waals surface area (Å²) in [5.74, 6) is -0.406. The number of amides is 1. The van der Waals surface area contributed by atoms with E-state index in [4.69, 9.17) is 14.9 Å². The van der Waals surface area contributed by atoms with E-state index in [-0.39, 0.29) is 17.3 Å². The average Bonchev–Trinajstić information content (AvgIpc) is 3.18. The fourth-order valence-electron chi connectivity index (χ4n) is 6.58. The first-order valence-electron chi connectivity index (χ1n) is 11.9. The SMILES string of the molecule is O=C(NC12CC3CC(CC(C3)C1)C2)c1nc(-c2ccc(F)cc2)c2ccccn12.O=C(O)C(F)(F)F. The van der Waals surface area contributed by atoms with E-state index in [1.165, 1.54) is 31.4 Å². The van der Waals surface area contributed by atoms with Crippen LogP contribution in [0.5, 0.6) is 0 Å². The van der Waals surface area contributed by atoms with Crippen LogP contribution in [0.25, 0.3) is 16.8 Å². The second-order valence-corrected chi connectivity index (χ2v) is 10.2. The lowest BCUT2D eigenvalue weighted by Crippen LogP contribution is -2.60. The second-order valence-electron chi connectivity index (χ2n) is 10.2. The summed E-state index contributed by atoms with van der Waals surface area (Å²) >= 11 is 0. The normalized spacial score (nSPS) is 26.4. The molecule has 1 aromatic carbocycles. The summed E-state index contributed by atoms with van der Waals surface area (Å²) in [4.78, 5) is 27.0. The van der Waals surface area contributed by atoms with Crippen molar-refractivity contribution in [2.24, 2.45) is 17.8 Å². The lowest BCUT2D eigenvalue weighted by Gasteiger charge is -2.56. The average molecular weight is 503 g/mol. The van der Waals surface area contributed by atoms with E-state index >= 15 is 0 Å². The third-order valence-electron chi connectivity index (χ3n) is 7.53. The molecule has 2 heterocycles. The van der Waals surface area contributed by atoms with Crippen molar-refractivity contribution in [2.45, 2.75) is 50.2 Å². The second kappa shape index (κ2) is 8.90. The summed E-state index contributed by atoms with van der Waals surface area (Å²) in [6.07, 6.45) is 4.16. The third-order valence-corrected chi connectivity index (χ3v) is 7.53. The molecule has 2 aromatic heterocycles. The predicted molar refractivity (Wildman–Crippen MR) is 123 cm³/mol. The van der Waals surface area contributed by atoms with Crippen molar-refractivity contribution in [1.29, 1.82) is 0 Å². The van der Waals surface area contributed by atoms with Crippen LogP contribution >= 0.6 is 0 Å². The van der Waals surface area contributed by atoms with Crippen molar-refractivity contribution in [3.8, 4) is 11.3 Å². The monoisotopic (exact) mass is 503 g/mol. The Morgan fingerprint density at radius 3 is 2.06 bits per heavy atom. The molecule has 2 N–H and O–H groups in total. The highest BCUT2D eigenvalue weighted by Crippen LogP contribution is 2.55. The van der Waals surface area contributed by atoms with Gasteiger partial charge in [-0.25, -0.2) is 14.2 Å². The number of imidazole rings is 1. The zero-order valence-electron chi connectivity index (χ0n) is 19.3. The van der Waals surface area contributed by atoms with Gasteiger partial charge in [-0.05, 0) is 92.7 Å². The Hall–Kier alpha value is -3.43. The number of halogens is 4. The standard InChI is InChI=1S/C24H24FN3O.C2HF3O2/c25-19-6-4-18(5-7-19)21-20-3-1-2-8-28(20)22(26-21)23(29)27-24-12-15-9-16(13-24)11-17(10-15)14-24;3-2(4,5)1(6)7/h1-8,15-17H,9-14H2,(H,27,29);(H,6,7). The van der Waals surface area contributed by atoms with Gasteiger partial charge >= 0.3 is 12.1 Å². The largest absolute Gasteiger partial charge is 0.490 e. The van der Waals surface area contributed by atoms with E-state index in [1.807, 2.05) is 28.8 Å². The van der Waals surface area contributed by atoms with E-state index < -0.39 is 12.1 Å². The number of carbonyl (C=O) groups is 2. The Morgan fingerprint density at radius 1 is 0.972 bits per heavy atom. The van der Waals surface area contributed by atoms with Gasteiger partial charge in [-0.3, -0.25) is 9.20 Å². The molecule has 4 saturated carbocycles. The predicted octanol–water partition coefficient (Wildman–Crippen LogP) is 5.47. The van der Waals surface area contributed by atoms with Gasteiger partial charge in [0.2, 0.25) is 5.82 Å². The van der Waals surface area contributed by atoms with Crippen LogP contribution in [0.3, 0.4) is 0 Å². The van der Waals surface area contributed by atoms with Crippen LogP contribution in [0.15, 0.2) is 48.7 Å². The van der Waals surface area contributed by atoms with Crippen molar-refractivity contribution >= 4 is 17.4 Å². The number of fused-ring (bicyclic) bond motifs is 1. The number of carbonyl (C=O) groups excluding carboxylic acids is 1. The molecule has 10 heteroatoms. The number of carboxylic acids is 1. The van der Waals surface area contributed by atoms with Gasteiger partial charge in [0, 0.05) is 17.3 Å². The third kappa shape index (κ3) is 4.68. The number of hydrogen-bond acceptors (Lipinski definition) is 3. The molecule has 4 bridgehead atoms. The first-order valence-corrected chi connectivity index (χ1v) is 11.9. The summed E-state index contributed by atoms with van der Waals surface area (Å²) in [6.45, 7) is 0. The molecule has 0 spiro atoms. The van der Waals surface area contributed by atoms with Crippen molar-refractivity contribution in [3.63, 3.8) is 0 Å². The summed E-state index contributed by atoms with van der Waals surface area (Å²) < 4.78 is 47.0. The first kappa shape index (κ1) is 24.3. The number of nitrogens with one attached hydrogen (secondary N) is 1. The smallest absolute Gasteiger partial charge is 0.475 e. The number of hydrogen-bond donors (Lipinski definition) is 2. The van der Waals surface area contributed by atoms with E-state index in [0.717, 1.165) is 48.1 Å². The number of aliphatic carboxylic acids is 1. The van der Waals surface area contributed by atoms with E-state index in [0.29, 0.717) is 11.5 Å². The Balaban J connectivity index is 0.000000338. The zero-order valence-corrected chi connectivity index (χ0v) is 19.3. The molecule has 36 heavy (non-hydrogen) atoms. The van der Waals surface area contributed by atoms with Crippen LogP contribution in [-0.4, -0.2) is 38.1 Å². The molecule has 0 saturated heterocycles. The molecule has 4 aliphatic rings. The van der Waals surface area contributed by atoms with Crippen LogP contribution in [0.2, 0.25) is 0 Å². The Labute approximate surface area is 204 Å². The minimum atomic E-state index is -5.08. The molecule has 7 rings (SSSR count). The molecule has 4 fully saturated rings. The maximum atomic E-state index is 13.4. The zero-order chi connectivity index (χ0) is 25.7. The quantitative estimate of drug-likeness (QED) is 0.464. The Morgan fingerprint density at radius 2 is 1.53 bits per heavy atom. The van der Waals surface area contributed by atoms with Gasteiger partial charge in [0.1, 0.15) is 5.82 Å². The number of nitrogens with zero attached hydrogens (tertiary/aromatic N) is 2. The van der Waals surface area contributed by atoms with Crippen molar-refractivity contribution in [1.82, 2.24) is 14.7 Å². The molecule has 190 valence electrons. The first-order chi connectivity index (χ1) is 17.0. The molecule has 0 atom stereocenters. The number of alkyl halides is 3. The lowest BCUT2D eigenvalue weighted by atomic mass is 9.53. The lowest BCUT2D eigenvalue weighted by molar-refractivity contribution is -0.192. The maximum Gasteiger partial charge on any atom is 0.490 e. The maximum absolute atomic E-state index is 13.4. The number of rotatable bonds is 3. The summed E-state index contributed by atoms with van der Waals surface area (Å²) in [7, 11) is 0. The van der Waals surface area contributed by atoms with E-state index in [1.54, 1.807) is 12.1 Å². The highest BCUT2D eigenvalue weighted by Gasteiger charge is 2.51. The summed E-state index contributed by atoms with van der Waals surface area (Å²) in [6, 6.07) is 12.1. The number of aromatic nitrogens is 2. The minimum Gasteiger partial charge on any atom is -0.475 e. The van der Waals surface area contributed by atoms with Gasteiger partial charge in [0.05, 0.1) is 11.2 Å². The molecular weight excluding hydrogens is 478 g/mol. The van der Waals surface area contributed by atoms with Gasteiger partial charge in [0.15, 0.2) is 0 Å². The van der Waals surface area contributed by atoms with Gasteiger partial charge in [-0.2, -0.15) is 13.2 Å². The fourth-order valence-corrected chi connectivity index (χ4v) is 6.58.